The van der Waals surface area contributed by atoms with Gasteiger partial charge in [-0.2, -0.15) is 0 Å². The SMILES string of the molecule is CCOC(=O)C1CC2(CCCC2)CN1.CCOC(=O)C1CC2(CCCCC2)CN1. The van der Waals surface area contributed by atoms with Gasteiger partial charge in [-0.05, 0) is 63.2 Å². The number of carbonyl (C=O) groups excluding carboxylic acids is 2. The summed E-state index contributed by atoms with van der Waals surface area (Å²) in [5.74, 6) is -0.115. The number of ether oxygens (including phenoxy) is 2. The normalized spacial score (nSPS) is 29.4. The fraction of sp³-hybridized carbons (Fsp3) is 0.913. The number of esters is 2. The maximum absolute atomic E-state index is 11.6. The Morgan fingerprint density at radius 3 is 1.48 bits per heavy atom. The van der Waals surface area contributed by atoms with Crippen LogP contribution in [0.1, 0.15) is 84.5 Å². The summed E-state index contributed by atoms with van der Waals surface area (Å²) >= 11 is 0. The molecule has 6 nitrogen and oxygen atoms in total. The number of hydrogen-bond donors (Lipinski definition) is 2. The molecular formula is C23H40N2O4. The van der Waals surface area contributed by atoms with Gasteiger partial charge in [0.1, 0.15) is 12.1 Å². The van der Waals surface area contributed by atoms with E-state index >= 15 is 0 Å². The average molecular weight is 409 g/mol. The van der Waals surface area contributed by atoms with Crippen molar-refractivity contribution in [3.8, 4) is 0 Å². The molecule has 0 amide bonds. The zero-order valence-electron chi connectivity index (χ0n) is 18.4. The van der Waals surface area contributed by atoms with Crippen LogP contribution in [-0.4, -0.2) is 50.3 Å². The highest BCUT2D eigenvalue weighted by Crippen LogP contribution is 2.44. The minimum atomic E-state index is -0.0590. The smallest absolute Gasteiger partial charge is 0.323 e. The lowest BCUT2D eigenvalue weighted by atomic mass is 9.73. The van der Waals surface area contributed by atoms with Crippen LogP contribution in [0.25, 0.3) is 0 Å². The van der Waals surface area contributed by atoms with E-state index in [1.807, 2.05) is 13.8 Å². The maximum Gasteiger partial charge on any atom is 0.323 e. The van der Waals surface area contributed by atoms with Crippen LogP contribution in [0.15, 0.2) is 0 Å². The third kappa shape index (κ3) is 5.72. The second kappa shape index (κ2) is 10.3. The highest BCUT2D eigenvalue weighted by atomic mass is 16.5. The van der Waals surface area contributed by atoms with Crippen LogP contribution < -0.4 is 10.6 Å². The lowest BCUT2D eigenvalue weighted by Crippen LogP contribution is -2.32. The molecule has 166 valence electrons. The van der Waals surface area contributed by atoms with Gasteiger partial charge < -0.3 is 20.1 Å². The zero-order valence-corrected chi connectivity index (χ0v) is 18.4. The summed E-state index contributed by atoms with van der Waals surface area (Å²) in [5, 5.41) is 6.63. The van der Waals surface area contributed by atoms with Gasteiger partial charge in [0.25, 0.3) is 0 Å². The van der Waals surface area contributed by atoms with Crippen molar-refractivity contribution in [3.05, 3.63) is 0 Å². The Morgan fingerprint density at radius 2 is 1.10 bits per heavy atom. The Kier molecular flexibility index (Phi) is 7.97. The van der Waals surface area contributed by atoms with E-state index in [-0.39, 0.29) is 24.0 Å². The average Bonchev–Trinajstić information content (AvgIpc) is 3.46. The number of nitrogens with one attached hydrogen (secondary N) is 2. The summed E-state index contributed by atoms with van der Waals surface area (Å²) in [4.78, 5) is 23.1. The molecule has 2 N–H and O–H groups in total. The molecule has 6 heteroatoms. The molecule has 0 radical (unpaired) electrons. The van der Waals surface area contributed by atoms with Crippen LogP contribution in [0.5, 0.6) is 0 Å². The van der Waals surface area contributed by atoms with Crippen molar-refractivity contribution in [2.24, 2.45) is 10.8 Å². The van der Waals surface area contributed by atoms with Gasteiger partial charge in [-0.15, -0.1) is 0 Å². The van der Waals surface area contributed by atoms with Gasteiger partial charge in [-0.25, -0.2) is 0 Å². The molecule has 0 aromatic rings. The first-order chi connectivity index (χ1) is 14.0. The third-order valence-corrected chi connectivity index (χ3v) is 7.44. The van der Waals surface area contributed by atoms with Crippen LogP contribution >= 0.6 is 0 Å². The van der Waals surface area contributed by atoms with Crippen molar-refractivity contribution in [2.75, 3.05) is 26.3 Å². The van der Waals surface area contributed by atoms with Gasteiger partial charge in [0.15, 0.2) is 0 Å². The minimum absolute atomic E-state index is 0.0342. The van der Waals surface area contributed by atoms with Gasteiger partial charge in [0.05, 0.1) is 13.2 Å². The molecule has 2 saturated carbocycles. The van der Waals surface area contributed by atoms with Crippen LogP contribution in [-0.2, 0) is 19.1 Å². The van der Waals surface area contributed by atoms with Crippen LogP contribution in [0.4, 0.5) is 0 Å². The predicted molar refractivity (Wildman–Crippen MR) is 113 cm³/mol. The Hall–Kier alpha value is -1.14. The molecule has 4 rings (SSSR count). The molecule has 2 aliphatic carbocycles. The van der Waals surface area contributed by atoms with E-state index in [9.17, 15) is 9.59 Å². The topological polar surface area (TPSA) is 76.7 Å². The minimum Gasteiger partial charge on any atom is -0.465 e. The Morgan fingerprint density at radius 1 is 0.724 bits per heavy atom. The highest BCUT2D eigenvalue weighted by molar-refractivity contribution is 5.76. The molecule has 2 spiro atoms. The van der Waals surface area contributed by atoms with Crippen LogP contribution in [0.2, 0.25) is 0 Å². The molecule has 29 heavy (non-hydrogen) atoms. The Labute approximate surface area is 175 Å². The molecule has 2 heterocycles. The first-order valence-electron chi connectivity index (χ1n) is 11.8. The summed E-state index contributed by atoms with van der Waals surface area (Å²) < 4.78 is 10.1. The molecule has 2 atom stereocenters. The molecular weight excluding hydrogens is 368 g/mol. The van der Waals surface area contributed by atoms with Crippen molar-refractivity contribution in [1.29, 1.82) is 0 Å². The van der Waals surface area contributed by atoms with Crippen molar-refractivity contribution >= 4 is 11.9 Å². The van der Waals surface area contributed by atoms with Gasteiger partial charge in [-0.1, -0.05) is 32.1 Å². The molecule has 2 unspecified atom stereocenters. The van der Waals surface area contributed by atoms with E-state index in [1.54, 1.807) is 0 Å². The number of carbonyl (C=O) groups is 2. The van der Waals surface area contributed by atoms with Crippen molar-refractivity contribution in [3.63, 3.8) is 0 Å². The lowest BCUT2D eigenvalue weighted by Gasteiger charge is -2.32. The Bertz CT molecular complexity index is 553. The molecule has 4 fully saturated rings. The molecule has 2 aliphatic heterocycles. The van der Waals surface area contributed by atoms with Gasteiger partial charge >= 0.3 is 11.9 Å². The van der Waals surface area contributed by atoms with Crippen molar-refractivity contribution in [2.45, 2.75) is 96.6 Å². The highest BCUT2D eigenvalue weighted by Gasteiger charge is 2.44. The maximum atomic E-state index is 11.6. The Balaban J connectivity index is 0.000000166. The fourth-order valence-corrected chi connectivity index (χ4v) is 5.84. The van der Waals surface area contributed by atoms with Gasteiger partial charge in [-0.3, -0.25) is 9.59 Å². The molecule has 0 bridgehead atoms. The third-order valence-electron chi connectivity index (χ3n) is 7.44. The summed E-state index contributed by atoms with van der Waals surface area (Å²) in [6.07, 6.45) is 13.8. The molecule has 0 aromatic heterocycles. The van der Waals surface area contributed by atoms with Crippen LogP contribution in [0, 0.1) is 10.8 Å². The molecule has 0 aromatic carbocycles. The quantitative estimate of drug-likeness (QED) is 0.695. The zero-order chi connectivity index (χ0) is 20.7. The van der Waals surface area contributed by atoms with E-state index in [0.29, 0.717) is 24.0 Å². The molecule has 4 aliphatic rings. The van der Waals surface area contributed by atoms with E-state index in [2.05, 4.69) is 10.6 Å². The standard InChI is InChI=1S/C12H21NO2.C11H19NO2/c1-2-15-11(14)10-8-12(9-13-10)6-4-3-5-7-12;1-2-14-10(13)9-7-11(8-12-9)5-3-4-6-11/h10,13H,2-9H2,1H3;9,12H,2-8H2,1H3. The monoisotopic (exact) mass is 408 g/mol. The lowest BCUT2D eigenvalue weighted by molar-refractivity contribution is -0.146. The predicted octanol–water partition coefficient (Wildman–Crippen LogP) is 3.33. The fourth-order valence-electron chi connectivity index (χ4n) is 5.84. The first kappa shape index (κ1) is 22.5. The summed E-state index contributed by atoms with van der Waals surface area (Å²) in [5.41, 5.74) is 0.840. The van der Waals surface area contributed by atoms with Gasteiger partial charge in [0, 0.05) is 13.1 Å². The number of hydrogen-bond acceptors (Lipinski definition) is 6. The van der Waals surface area contributed by atoms with Crippen LogP contribution in [0.3, 0.4) is 0 Å². The second-order valence-corrected chi connectivity index (χ2v) is 9.55. The van der Waals surface area contributed by atoms with E-state index in [1.165, 1.54) is 57.8 Å². The van der Waals surface area contributed by atoms with Gasteiger partial charge in [0.2, 0.25) is 0 Å². The van der Waals surface area contributed by atoms with Crippen molar-refractivity contribution in [1.82, 2.24) is 10.6 Å². The van der Waals surface area contributed by atoms with Crippen molar-refractivity contribution < 1.29 is 19.1 Å². The summed E-state index contributed by atoms with van der Waals surface area (Å²) in [7, 11) is 0. The van der Waals surface area contributed by atoms with E-state index < -0.39 is 0 Å². The first-order valence-corrected chi connectivity index (χ1v) is 11.8. The van der Waals surface area contributed by atoms with E-state index in [0.717, 1.165) is 25.9 Å². The molecule has 2 saturated heterocycles. The summed E-state index contributed by atoms with van der Waals surface area (Å²) in [6, 6.07) is -0.0731. The van der Waals surface area contributed by atoms with E-state index in [4.69, 9.17) is 9.47 Å². The largest absolute Gasteiger partial charge is 0.465 e. The second-order valence-electron chi connectivity index (χ2n) is 9.55. The number of rotatable bonds is 4. The summed E-state index contributed by atoms with van der Waals surface area (Å²) in [6.45, 7) is 6.72.